The van der Waals surface area contributed by atoms with Crippen LogP contribution in [0, 0.1) is 11.8 Å². The van der Waals surface area contributed by atoms with Gasteiger partial charge in [0.15, 0.2) is 24.3 Å². The number of cyclic esters (lactones) is 1. The van der Waals surface area contributed by atoms with Gasteiger partial charge in [-0.1, -0.05) is 45.1 Å². The molecule has 0 bridgehead atoms. The summed E-state index contributed by atoms with van der Waals surface area (Å²) in [4.78, 5) is 40.0. The molecular weight excluding hydrogens is 758 g/mol. The Morgan fingerprint density at radius 3 is 2.29 bits per heavy atom. The van der Waals surface area contributed by atoms with Gasteiger partial charge in [0.25, 0.3) is 0 Å². The highest BCUT2D eigenvalue weighted by Crippen LogP contribution is 2.39. The first kappa shape index (κ1) is 49.8. The number of nitrogens with zero attached hydrogens (tertiary/aromatic N) is 1. The molecule has 0 saturated carbocycles. The van der Waals surface area contributed by atoms with Crippen LogP contribution in [0.4, 0.5) is 0 Å². The van der Waals surface area contributed by atoms with Crippen LogP contribution in [-0.2, 0) is 52.3 Å². The molecular formula is C42H71NO15. The quantitative estimate of drug-likeness (QED) is 0.155. The molecule has 0 spiro atoms. The number of carbonyl (C=O) groups is 3. The summed E-state index contributed by atoms with van der Waals surface area (Å²) in [5.74, 6) is -2.44. The molecule has 3 rings (SSSR count). The fraction of sp³-hybridized carbons (Fsp3) is 0.833. The molecule has 16 nitrogen and oxygen atoms in total. The summed E-state index contributed by atoms with van der Waals surface area (Å²) < 4.78 is 48.9. The highest BCUT2D eigenvalue weighted by atomic mass is 16.7. The first-order valence-electron chi connectivity index (χ1n) is 20.8. The second-order valence-electron chi connectivity index (χ2n) is 16.4. The van der Waals surface area contributed by atoms with E-state index in [1.54, 1.807) is 71.8 Å². The van der Waals surface area contributed by atoms with Crippen molar-refractivity contribution in [3.8, 4) is 0 Å². The summed E-state index contributed by atoms with van der Waals surface area (Å²) in [6.07, 6.45) is -3.44. The highest BCUT2D eigenvalue weighted by molar-refractivity contribution is 5.71. The van der Waals surface area contributed by atoms with Crippen LogP contribution in [0.5, 0.6) is 0 Å². The summed E-state index contributed by atoms with van der Waals surface area (Å²) in [6, 6.07) is -0.763. The van der Waals surface area contributed by atoms with Crippen molar-refractivity contribution in [1.82, 2.24) is 4.90 Å². The molecule has 0 aromatic rings. The minimum absolute atomic E-state index is 0.0155. The topological polar surface area (TPSA) is 209 Å². The van der Waals surface area contributed by atoms with E-state index < -0.39 is 116 Å². The molecule has 3 heterocycles. The van der Waals surface area contributed by atoms with Crippen molar-refractivity contribution in [2.24, 2.45) is 11.8 Å². The molecule has 0 aliphatic carbocycles. The van der Waals surface area contributed by atoms with Crippen molar-refractivity contribution < 1.29 is 72.7 Å². The Morgan fingerprint density at radius 1 is 0.966 bits per heavy atom. The zero-order valence-electron chi connectivity index (χ0n) is 36.1. The van der Waals surface area contributed by atoms with Gasteiger partial charge in [-0.05, 0) is 72.9 Å². The second-order valence-corrected chi connectivity index (χ2v) is 16.4. The first-order valence-corrected chi connectivity index (χ1v) is 20.8. The van der Waals surface area contributed by atoms with Crippen LogP contribution < -0.4 is 0 Å². The van der Waals surface area contributed by atoms with Gasteiger partial charge in [-0.3, -0.25) is 14.4 Å². The van der Waals surface area contributed by atoms with E-state index in [1.165, 1.54) is 7.11 Å². The SMILES string of the molecule is CCCC(=O)O[C@H]1[C@H](C)O[C@@H](O[C@H]2[C@H](N(C)C)[C@@H](O)[C@H](O[C@H]3[C@@H](CCO)C[C@@H](C)[C@@H](O)/C=C/C=C/C[C@@H](C)OC(=O)C[C@@H](O)[C@@H]3OC)O[C@@H]2C)C[C@@]1(C)OC(=O)CC. The maximum atomic E-state index is 13.0. The third-order valence-corrected chi connectivity index (χ3v) is 11.2. The predicted molar refractivity (Wildman–Crippen MR) is 211 cm³/mol. The monoisotopic (exact) mass is 829 g/mol. The van der Waals surface area contributed by atoms with Crippen LogP contribution in [0.2, 0.25) is 0 Å². The Labute approximate surface area is 344 Å². The number of rotatable bonds is 13. The number of hydrogen-bond acceptors (Lipinski definition) is 16. The molecule has 0 aromatic heterocycles. The Morgan fingerprint density at radius 2 is 1.67 bits per heavy atom. The lowest BCUT2D eigenvalue weighted by atomic mass is 9.82. The van der Waals surface area contributed by atoms with E-state index in [1.807, 2.05) is 19.9 Å². The normalized spacial score (nSPS) is 40.7. The highest BCUT2D eigenvalue weighted by Gasteiger charge is 2.54. The van der Waals surface area contributed by atoms with Crippen molar-refractivity contribution in [3.63, 3.8) is 0 Å². The number of allylic oxidation sites excluding steroid dienone is 2. The minimum atomic E-state index is -1.41. The Balaban J connectivity index is 1.95. The van der Waals surface area contributed by atoms with Crippen LogP contribution in [0.3, 0.4) is 0 Å². The number of esters is 3. The number of aliphatic hydroxyl groups is 4. The summed E-state index contributed by atoms with van der Waals surface area (Å²) in [5, 5.41) is 44.9. The van der Waals surface area contributed by atoms with Crippen LogP contribution in [0.15, 0.2) is 24.3 Å². The Hall–Kier alpha value is -2.51. The van der Waals surface area contributed by atoms with E-state index >= 15 is 0 Å². The van der Waals surface area contributed by atoms with E-state index in [0.29, 0.717) is 19.3 Å². The lowest BCUT2D eigenvalue weighted by molar-refractivity contribution is -0.345. The third kappa shape index (κ3) is 13.8. The molecule has 3 aliphatic heterocycles. The van der Waals surface area contributed by atoms with Crippen molar-refractivity contribution in [2.45, 2.75) is 185 Å². The van der Waals surface area contributed by atoms with Crippen LogP contribution in [-0.4, -0.2) is 156 Å². The van der Waals surface area contributed by atoms with Gasteiger partial charge in [-0.25, -0.2) is 0 Å². The van der Waals surface area contributed by atoms with Crippen molar-refractivity contribution >= 4 is 17.9 Å². The number of ether oxygens (including phenoxy) is 8. The van der Waals surface area contributed by atoms with Crippen LogP contribution in [0.25, 0.3) is 0 Å². The van der Waals surface area contributed by atoms with Gasteiger partial charge in [-0.2, -0.15) is 0 Å². The molecule has 0 amide bonds. The third-order valence-electron chi connectivity index (χ3n) is 11.2. The molecule has 16 heteroatoms. The predicted octanol–water partition coefficient (Wildman–Crippen LogP) is 2.95. The average molecular weight is 830 g/mol. The molecule has 16 atom stereocenters. The maximum Gasteiger partial charge on any atom is 0.308 e. The van der Waals surface area contributed by atoms with Gasteiger partial charge in [0.1, 0.15) is 24.4 Å². The standard InChI is InChI=1S/C42H71NO15/c1-11-16-32(48)55-40-27(6)53-34(23-42(40,7)58-31(47)12-2)56-37-26(5)54-41(36(50)35(37)43(8)9)57-38-28(19-20-44)21-24(3)29(45)18-15-13-14-17-25(4)52-33(49)22-30(46)39(38)51-10/h13-15,18,24-30,34-41,44-46,50H,11-12,16-17,19-23H2,1-10H3/b14-13+,18-15+/t24-,25-,26-,27+,28+,29+,30-,34+,35-,36-,37-,38+,39+,40+,41+,42-/m1/s1. The number of likely N-dealkylation sites (N-methyl/N-ethyl adjacent to an activating group) is 1. The number of carbonyl (C=O) groups excluding carboxylic acids is 3. The summed E-state index contributed by atoms with van der Waals surface area (Å²) in [5.41, 5.74) is -1.29. The van der Waals surface area contributed by atoms with E-state index in [4.69, 9.17) is 37.9 Å². The molecule has 4 N–H and O–H groups in total. The molecule has 334 valence electrons. The smallest absolute Gasteiger partial charge is 0.308 e. The zero-order chi connectivity index (χ0) is 43.3. The van der Waals surface area contributed by atoms with Crippen LogP contribution >= 0.6 is 0 Å². The fourth-order valence-corrected chi connectivity index (χ4v) is 8.17. The fourth-order valence-electron chi connectivity index (χ4n) is 8.17. The van der Waals surface area contributed by atoms with Crippen molar-refractivity contribution in [1.29, 1.82) is 0 Å². The number of aliphatic hydroxyl groups excluding tert-OH is 4. The minimum Gasteiger partial charge on any atom is -0.462 e. The molecule has 2 fully saturated rings. The van der Waals surface area contributed by atoms with Gasteiger partial charge in [0.05, 0.1) is 43.0 Å². The van der Waals surface area contributed by atoms with Gasteiger partial charge in [0, 0.05) is 39.4 Å². The zero-order valence-corrected chi connectivity index (χ0v) is 36.1. The van der Waals surface area contributed by atoms with E-state index in [9.17, 15) is 34.8 Å². The summed E-state index contributed by atoms with van der Waals surface area (Å²) in [6.45, 7) is 12.0. The van der Waals surface area contributed by atoms with E-state index in [0.717, 1.165) is 0 Å². The van der Waals surface area contributed by atoms with Gasteiger partial charge in [-0.15, -0.1) is 0 Å². The van der Waals surface area contributed by atoms with Gasteiger partial charge < -0.3 is 63.2 Å². The van der Waals surface area contributed by atoms with Gasteiger partial charge >= 0.3 is 17.9 Å². The molecule has 0 aromatic carbocycles. The Kier molecular flexibility index (Phi) is 20.2. The molecule has 58 heavy (non-hydrogen) atoms. The van der Waals surface area contributed by atoms with E-state index in [-0.39, 0.29) is 38.2 Å². The van der Waals surface area contributed by atoms with Crippen molar-refractivity contribution in [3.05, 3.63) is 24.3 Å². The lowest BCUT2D eigenvalue weighted by Crippen LogP contribution is -2.66. The van der Waals surface area contributed by atoms with Crippen LogP contribution in [0.1, 0.15) is 99.8 Å². The number of methoxy groups -OCH3 is 1. The molecule has 0 radical (unpaired) electrons. The number of hydrogen-bond donors (Lipinski definition) is 4. The van der Waals surface area contributed by atoms with Crippen molar-refractivity contribution in [2.75, 3.05) is 27.8 Å². The first-order chi connectivity index (χ1) is 27.4. The second kappa shape index (κ2) is 23.5. The molecule has 3 aliphatic rings. The average Bonchev–Trinajstić information content (AvgIpc) is 3.13. The maximum absolute atomic E-state index is 13.0. The molecule has 0 unspecified atom stereocenters. The van der Waals surface area contributed by atoms with Gasteiger partial charge in [0.2, 0.25) is 0 Å². The van der Waals surface area contributed by atoms with E-state index in [2.05, 4.69) is 0 Å². The lowest BCUT2D eigenvalue weighted by Gasteiger charge is -2.51. The Bertz CT molecular complexity index is 1350. The molecule has 2 saturated heterocycles. The largest absolute Gasteiger partial charge is 0.462 e. The summed E-state index contributed by atoms with van der Waals surface area (Å²) in [7, 11) is 4.90. The summed E-state index contributed by atoms with van der Waals surface area (Å²) >= 11 is 0.